The Morgan fingerprint density at radius 2 is 2.11 bits per heavy atom. The Hall–Kier alpha value is -1.24. The second kappa shape index (κ2) is 5.60. The molecule has 2 rings (SSSR count). The Morgan fingerprint density at radius 3 is 2.78 bits per heavy atom. The fourth-order valence-corrected chi connectivity index (χ4v) is 2.09. The third kappa shape index (κ3) is 3.16. The number of aromatic nitrogens is 2. The first-order valence-electron chi connectivity index (χ1n) is 6.06. The van der Waals surface area contributed by atoms with Crippen molar-refractivity contribution in [3.8, 4) is 0 Å². The van der Waals surface area contributed by atoms with Crippen LogP contribution in [0.2, 0.25) is 0 Å². The van der Waals surface area contributed by atoms with Crippen molar-refractivity contribution in [2.24, 2.45) is 0 Å². The zero-order valence-electron chi connectivity index (χ0n) is 10.5. The van der Waals surface area contributed by atoms with Crippen LogP contribution < -0.4 is 4.90 Å². The number of likely N-dealkylation sites (N-methyl/N-ethyl adjacent to an activating group) is 1. The van der Waals surface area contributed by atoms with E-state index in [0.29, 0.717) is 44.1 Å². The number of nitrogens with zero attached hydrogens (tertiary/aromatic N) is 3. The monoisotopic (exact) mass is 253 g/mol. The van der Waals surface area contributed by atoms with Gasteiger partial charge < -0.3 is 19.8 Å². The maximum Gasteiger partial charge on any atom is 0.147 e. The van der Waals surface area contributed by atoms with E-state index < -0.39 is 5.60 Å². The molecule has 2 heterocycles. The van der Waals surface area contributed by atoms with Gasteiger partial charge in [-0.3, -0.25) is 4.98 Å². The molecule has 2 N–H and O–H groups in total. The van der Waals surface area contributed by atoms with Gasteiger partial charge in [0, 0.05) is 39.6 Å². The molecular formula is C12H19N3O3. The van der Waals surface area contributed by atoms with Gasteiger partial charge in [0.2, 0.25) is 0 Å². The smallest absolute Gasteiger partial charge is 0.147 e. The molecule has 0 radical (unpaired) electrons. The molecule has 0 aromatic carbocycles. The van der Waals surface area contributed by atoms with E-state index in [1.54, 1.807) is 6.20 Å². The second-order valence-electron chi connectivity index (χ2n) is 4.72. The minimum atomic E-state index is -0.732. The van der Waals surface area contributed by atoms with E-state index in [1.807, 2.05) is 11.9 Å². The van der Waals surface area contributed by atoms with Crippen LogP contribution in [0, 0.1) is 0 Å². The van der Waals surface area contributed by atoms with E-state index in [9.17, 15) is 5.11 Å². The highest BCUT2D eigenvalue weighted by Crippen LogP contribution is 2.23. The summed E-state index contributed by atoms with van der Waals surface area (Å²) < 4.78 is 5.25. The number of hydrogen-bond donors (Lipinski definition) is 2. The van der Waals surface area contributed by atoms with Gasteiger partial charge in [-0.2, -0.15) is 0 Å². The summed E-state index contributed by atoms with van der Waals surface area (Å²) in [6.45, 7) is 1.53. The summed E-state index contributed by atoms with van der Waals surface area (Å²) in [4.78, 5) is 10.1. The van der Waals surface area contributed by atoms with Crippen LogP contribution in [0.25, 0.3) is 0 Å². The minimum absolute atomic E-state index is 0.132. The fourth-order valence-electron chi connectivity index (χ4n) is 2.09. The minimum Gasteiger partial charge on any atom is -0.390 e. The van der Waals surface area contributed by atoms with Gasteiger partial charge in [0.25, 0.3) is 0 Å². The summed E-state index contributed by atoms with van der Waals surface area (Å²) in [5, 5.41) is 19.4. The Balaban J connectivity index is 2.03. The Kier molecular flexibility index (Phi) is 4.11. The number of anilines is 1. The largest absolute Gasteiger partial charge is 0.390 e. The summed E-state index contributed by atoms with van der Waals surface area (Å²) in [6.07, 6.45) is 4.41. The highest BCUT2D eigenvalue weighted by atomic mass is 16.5. The highest BCUT2D eigenvalue weighted by Gasteiger charge is 2.31. The number of hydrogen-bond acceptors (Lipinski definition) is 6. The zero-order chi connectivity index (χ0) is 13.0. The topological polar surface area (TPSA) is 78.7 Å². The predicted molar refractivity (Wildman–Crippen MR) is 66.2 cm³/mol. The van der Waals surface area contributed by atoms with Crippen molar-refractivity contribution >= 4 is 5.82 Å². The molecule has 0 aliphatic carbocycles. The van der Waals surface area contributed by atoms with Gasteiger partial charge in [-0.05, 0) is 0 Å². The van der Waals surface area contributed by atoms with Gasteiger partial charge in [0.15, 0.2) is 0 Å². The molecule has 18 heavy (non-hydrogen) atoms. The maximum atomic E-state index is 10.4. The quantitative estimate of drug-likeness (QED) is 0.783. The van der Waals surface area contributed by atoms with Crippen LogP contribution >= 0.6 is 0 Å². The average Bonchev–Trinajstić information content (AvgIpc) is 2.39. The van der Waals surface area contributed by atoms with Crippen molar-refractivity contribution in [3.05, 3.63) is 18.1 Å². The Labute approximate surface area is 106 Å². The summed E-state index contributed by atoms with van der Waals surface area (Å²) in [5.41, 5.74) is -0.206. The first-order valence-corrected chi connectivity index (χ1v) is 6.06. The molecule has 0 unspecified atom stereocenters. The molecule has 0 amide bonds. The molecule has 0 saturated carbocycles. The van der Waals surface area contributed by atoms with Crippen molar-refractivity contribution in [2.45, 2.75) is 25.0 Å². The molecule has 1 aromatic rings. The predicted octanol–water partition coefficient (Wildman–Crippen LogP) is -0.0534. The van der Waals surface area contributed by atoms with Gasteiger partial charge in [-0.25, -0.2) is 4.98 Å². The van der Waals surface area contributed by atoms with E-state index in [-0.39, 0.29) is 6.61 Å². The van der Waals surface area contributed by atoms with Crippen molar-refractivity contribution in [1.29, 1.82) is 0 Å². The number of ether oxygens (including phenoxy) is 1. The molecule has 0 atom stereocenters. The van der Waals surface area contributed by atoms with Crippen LogP contribution in [-0.2, 0) is 11.3 Å². The zero-order valence-corrected chi connectivity index (χ0v) is 10.5. The van der Waals surface area contributed by atoms with Gasteiger partial charge >= 0.3 is 0 Å². The molecule has 1 fully saturated rings. The summed E-state index contributed by atoms with van der Waals surface area (Å²) >= 11 is 0. The molecule has 100 valence electrons. The van der Waals surface area contributed by atoms with Crippen molar-refractivity contribution in [1.82, 2.24) is 9.97 Å². The second-order valence-corrected chi connectivity index (χ2v) is 4.72. The molecule has 1 saturated heterocycles. The lowest BCUT2D eigenvalue weighted by molar-refractivity contribution is -0.0573. The molecule has 1 aliphatic rings. The van der Waals surface area contributed by atoms with Gasteiger partial charge in [-0.15, -0.1) is 0 Å². The summed E-state index contributed by atoms with van der Waals surface area (Å²) in [7, 11) is 1.86. The lowest BCUT2D eigenvalue weighted by Gasteiger charge is -2.35. The van der Waals surface area contributed by atoms with Gasteiger partial charge in [0.1, 0.15) is 5.82 Å². The van der Waals surface area contributed by atoms with Crippen LogP contribution in [-0.4, -0.2) is 52.6 Å². The highest BCUT2D eigenvalue weighted by molar-refractivity contribution is 5.35. The summed E-state index contributed by atoms with van der Waals surface area (Å²) in [5.74, 6) is 0.654. The normalized spacial score (nSPS) is 18.6. The molecule has 6 nitrogen and oxygen atoms in total. The third-order valence-corrected chi connectivity index (χ3v) is 3.18. The Bertz CT molecular complexity index is 394. The van der Waals surface area contributed by atoms with E-state index in [0.717, 1.165) is 0 Å². The van der Waals surface area contributed by atoms with Crippen LogP contribution in [0.15, 0.2) is 12.4 Å². The number of aliphatic hydroxyl groups excluding tert-OH is 1. The molecule has 1 aromatic heterocycles. The molecule has 0 bridgehead atoms. The van der Waals surface area contributed by atoms with Crippen LogP contribution in [0.5, 0.6) is 0 Å². The molecule has 0 spiro atoms. The number of rotatable bonds is 4. The first kappa shape index (κ1) is 13.2. The van der Waals surface area contributed by atoms with Gasteiger partial charge in [-0.1, -0.05) is 0 Å². The van der Waals surface area contributed by atoms with Gasteiger partial charge in [0.05, 0.1) is 30.3 Å². The lowest BCUT2D eigenvalue weighted by Crippen LogP contribution is -2.46. The maximum absolute atomic E-state index is 10.4. The summed E-state index contributed by atoms with van der Waals surface area (Å²) in [6, 6.07) is 0. The Morgan fingerprint density at radius 1 is 1.39 bits per heavy atom. The van der Waals surface area contributed by atoms with Crippen molar-refractivity contribution in [2.75, 3.05) is 31.7 Å². The average molecular weight is 253 g/mol. The van der Waals surface area contributed by atoms with Crippen molar-refractivity contribution in [3.63, 3.8) is 0 Å². The first-order chi connectivity index (χ1) is 8.63. The molecular weight excluding hydrogens is 234 g/mol. The standard InChI is InChI=1S/C12H19N3O3/c1-15(9-12(17)2-4-18-5-3-12)11-7-13-6-10(8-16)14-11/h6-7,16-17H,2-5,8-9H2,1H3. The SMILES string of the molecule is CN(CC1(O)CCOCC1)c1cncc(CO)n1. The van der Waals surface area contributed by atoms with Crippen LogP contribution in [0.4, 0.5) is 5.82 Å². The van der Waals surface area contributed by atoms with E-state index in [2.05, 4.69) is 9.97 Å². The van der Waals surface area contributed by atoms with Crippen LogP contribution in [0.1, 0.15) is 18.5 Å². The molecule has 6 heteroatoms. The number of aliphatic hydroxyl groups is 2. The van der Waals surface area contributed by atoms with E-state index in [4.69, 9.17) is 9.84 Å². The van der Waals surface area contributed by atoms with E-state index in [1.165, 1.54) is 6.20 Å². The fraction of sp³-hybridized carbons (Fsp3) is 0.667. The third-order valence-electron chi connectivity index (χ3n) is 3.18. The van der Waals surface area contributed by atoms with Crippen molar-refractivity contribution < 1.29 is 14.9 Å². The van der Waals surface area contributed by atoms with Crippen LogP contribution in [0.3, 0.4) is 0 Å². The lowest BCUT2D eigenvalue weighted by atomic mass is 9.94. The molecule has 1 aliphatic heterocycles. The van der Waals surface area contributed by atoms with E-state index >= 15 is 0 Å².